The van der Waals surface area contributed by atoms with Crippen LogP contribution >= 0.6 is 0 Å². The normalized spacial score (nSPS) is 10.9. The number of carbonyl (C=O) groups is 1. The van der Waals surface area contributed by atoms with E-state index >= 15 is 0 Å². The number of ether oxygens (including phenoxy) is 2. The number of unbranched alkanes of at least 4 members (excludes halogenated alkanes) is 5. The lowest BCUT2D eigenvalue weighted by Crippen LogP contribution is -1.99. The Morgan fingerprint density at radius 3 is 2.04 bits per heavy atom. The number of carbonyl (C=O) groups excluding carboxylic acids is 1. The molecule has 2 aromatic carbocycles. The summed E-state index contributed by atoms with van der Waals surface area (Å²) in [5.74, 6) is 0.739. The fourth-order valence-electron chi connectivity index (χ4n) is 2.59. The van der Waals surface area contributed by atoms with Gasteiger partial charge in [0.25, 0.3) is 0 Å². The summed E-state index contributed by atoms with van der Waals surface area (Å²) in [7, 11) is 1.44. The van der Waals surface area contributed by atoms with E-state index in [2.05, 4.69) is 15.0 Å². The van der Waals surface area contributed by atoms with Crippen molar-refractivity contribution >= 4 is 17.3 Å². The Balaban J connectivity index is 1.55. The van der Waals surface area contributed by atoms with E-state index in [1.165, 1.54) is 13.5 Å². The second kappa shape index (κ2) is 12.6. The van der Waals surface area contributed by atoms with E-state index in [1.54, 1.807) is 0 Å². The Bertz CT molecular complexity index is 684. The van der Waals surface area contributed by atoms with Crippen LogP contribution in [0.4, 0.5) is 11.4 Å². The van der Waals surface area contributed by atoms with Crippen LogP contribution in [0.1, 0.15) is 44.9 Å². The topological polar surface area (TPSA) is 60.2 Å². The molecule has 27 heavy (non-hydrogen) atoms. The summed E-state index contributed by atoms with van der Waals surface area (Å²) >= 11 is 0. The third-order valence-corrected chi connectivity index (χ3v) is 4.15. The second-order valence-electron chi connectivity index (χ2n) is 6.33. The largest absolute Gasteiger partial charge is 0.494 e. The van der Waals surface area contributed by atoms with Crippen molar-refractivity contribution in [1.82, 2.24) is 0 Å². The maximum absolute atomic E-state index is 11.0. The molecule has 5 nitrogen and oxygen atoms in total. The van der Waals surface area contributed by atoms with E-state index in [0.29, 0.717) is 13.0 Å². The predicted molar refractivity (Wildman–Crippen MR) is 107 cm³/mol. The van der Waals surface area contributed by atoms with Crippen LogP contribution < -0.4 is 4.74 Å². The van der Waals surface area contributed by atoms with Crippen molar-refractivity contribution in [2.24, 2.45) is 10.2 Å². The minimum absolute atomic E-state index is 0.115. The van der Waals surface area contributed by atoms with Gasteiger partial charge in [0.15, 0.2) is 0 Å². The highest BCUT2D eigenvalue weighted by atomic mass is 16.5. The van der Waals surface area contributed by atoms with E-state index in [1.807, 2.05) is 54.6 Å². The van der Waals surface area contributed by atoms with Crippen LogP contribution in [0, 0.1) is 0 Å². The minimum atomic E-state index is -0.115. The van der Waals surface area contributed by atoms with Gasteiger partial charge in [-0.3, -0.25) is 4.79 Å². The van der Waals surface area contributed by atoms with Gasteiger partial charge >= 0.3 is 5.97 Å². The fraction of sp³-hybridized carbons (Fsp3) is 0.409. The summed E-state index contributed by atoms with van der Waals surface area (Å²) in [5.41, 5.74) is 1.64. The molecular formula is C22H28N2O3. The molecule has 0 atom stereocenters. The van der Waals surface area contributed by atoms with Gasteiger partial charge in [-0.15, -0.1) is 0 Å². The quantitative estimate of drug-likeness (QED) is 0.248. The molecule has 0 aromatic heterocycles. The molecule has 0 aliphatic heterocycles. The van der Waals surface area contributed by atoms with Gasteiger partial charge in [0.2, 0.25) is 0 Å². The van der Waals surface area contributed by atoms with Gasteiger partial charge in [-0.05, 0) is 49.2 Å². The summed E-state index contributed by atoms with van der Waals surface area (Å²) in [5, 5.41) is 8.42. The molecule has 5 heteroatoms. The summed E-state index contributed by atoms with van der Waals surface area (Å²) in [6.07, 6.45) is 7.02. The molecule has 0 unspecified atom stereocenters. The maximum Gasteiger partial charge on any atom is 0.305 e. The zero-order valence-electron chi connectivity index (χ0n) is 16.0. The van der Waals surface area contributed by atoms with Crippen LogP contribution in [0.2, 0.25) is 0 Å². The van der Waals surface area contributed by atoms with Crippen molar-refractivity contribution in [3.8, 4) is 5.75 Å². The van der Waals surface area contributed by atoms with E-state index in [-0.39, 0.29) is 5.97 Å². The van der Waals surface area contributed by atoms with Gasteiger partial charge in [-0.2, -0.15) is 10.2 Å². The number of azo groups is 1. The first-order valence-electron chi connectivity index (χ1n) is 9.54. The smallest absolute Gasteiger partial charge is 0.305 e. The van der Waals surface area contributed by atoms with E-state index < -0.39 is 0 Å². The standard InChI is InChI=1S/C22H28N2O3/c1-26-22(25)13-9-4-2-3-5-10-18-27-21-16-14-20(15-17-21)24-23-19-11-7-6-8-12-19/h6-8,11-12,14-17H,2-5,9-10,13,18H2,1H3. The summed E-state index contributed by atoms with van der Waals surface area (Å²) in [6.45, 7) is 0.715. The Labute approximate surface area is 161 Å². The Morgan fingerprint density at radius 2 is 1.37 bits per heavy atom. The summed E-state index contributed by atoms with van der Waals surface area (Å²) < 4.78 is 10.4. The average Bonchev–Trinajstić information content (AvgIpc) is 2.72. The molecule has 0 spiro atoms. The number of methoxy groups -OCH3 is 1. The Hall–Kier alpha value is -2.69. The number of benzene rings is 2. The molecule has 0 heterocycles. The van der Waals surface area contributed by atoms with Gasteiger partial charge in [0.05, 0.1) is 25.1 Å². The van der Waals surface area contributed by atoms with Crippen molar-refractivity contribution < 1.29 is 14.3 Å². The summed E-state index contributed by atoms with van der Waals surface area (Å²) in [6, 6.07) is 17.3. The molecular weight excluding hydrogens is 340 g/mol. The van der Waals surface area contributed by atoms with Gasteiger partial charge in [-0.25, -0.2) is 0 Å². The van der Waals surface area contributed by atoms with Gasteiger partial charge in [0.1, 0.15) is 5.75 Å². The molecule has 0 aliphatic rings. The van der Waals surface area contributed by atoms with E-state index in [4.69, 9.17) is 4.74 Å². The first-order chi connectivity index (χ1) is 13.3. The van der Waals surface area contributed by atoms with Crippen molar-refractivity contribution in [3.63, 3.8) is 0 Å². The van der Waals surface area contributed by atoms with Gasteiger partial charge in [0, 0.05) is 6.42 Å². The van der Waals surface area contributed by atoms with Crippen LogP contribution in [0.3, 0.4) is 0 Å². The number of esters is 1. The van der Waals surface area contributed by atoms with Crippen molar-refractivity contribution in [2.45, 2.75) is 44.9 Å². The van der Waals surface area contributed by atoms with E-state index in [9.17, 15) is 4.79 Å². The molecule has 0 amide bonds. The maximum atomic E-state index is 11.0. The molecule has 0 aliphatic carbocycles. The molecule has 0 N–H and O–H groups in total. The van der Waals surface area contributed by atoms with Gasteiger partial charge in [-0.1, -0.05) is 43.9 Å². The third kappa shape index (κ3) is 8.99. The van der Waals surface area contributed by atoms with Crippen LogP contribution in [0.15, 0.2) is 64.8 Å². The first kappa shape index (κ1) is 20.6. The van der Waals surface area contributed by atoms with Gasteiger partial charge < -0.3 is 9.47 Å². The molecule has 0 fully saturated rings. The van der Waals surface area contributed by atoms with E-state index in [0.717, 1.165) is 49.2 Å². The molecule has 0 saturated heterocycles. The Morgan fingerprint density at radius 1 is 0.778 bits per heavy atom. The van der Waals surface area contributed by atoms with Crippen molar-refractivity contribution in [1.29, 1.82) is 0 Å². The minimum Gasteiger partial charge on any atom is -0.494 e. The lowest BCUT2D eigenvalue weighted by atomic mass is 10.1. The zero-order chi connectivity index (χ0) is 19.2. The molecule has 2 rings (SSSR count). The second-order valence-corrected chi connectivity index (χ2v) is 6.33. The number of hydrogen-bond donors (Lipinski definition) is 0. The van der Waals surface area contributed by atoms with Crippen LogP contribution in [-0.4, -0.2) is 19.7 Å². The highest BCUT2D eigenvalue weighted by Gasteiger charge is 1.99. The molecule has 144 valence electrons. The lowest BCUT2D eigenvalue weighted by molar-refractivity contribution is -0.140. The molecule has 2 aromatic rings. The van der Waals surface area contributed by atoms with Crippen LogP contribution in [0.25, 0.3) is 0 Å². The number of nitrogens with zero attached hydrogens (tertiary/aromatic N) is 2. The Kier molecular flexibility index (Phi) is 9.64. The predicted octanol–water partition coefficient (Wildman–Crippen LogP) is 6.38. The monoisotopic (exact) mass is 368 g/mol. The lowest BCUT2D eigenvalue weighted by Gasteiger charge is -2.06. The molecule has 0 radical (unpaired) electrons. The SMILES string of the molecule is COC(=O)CCCCCCCCOc1ccc(N=Nc2ccccc2)cc1. The van der Waals surface area contributed by atoms with Crippen molar-refractivity contribution in [2.75, 3.05) is 13.7 Å². The highest BCUT2D eigenvalue weighted by molar-refractivity contribution is 5.68. The van der Waals surface area contributed by atoms with Crippen LogP contribution in [-0.2, 0) is 9.53 Å². The van der Waals surface area contributed by atoms with Crippen LogP contribution in [0.5, 0.6) is 5.75 Å². The third-order valence-electron chi connectivity index (χ3n) is 4.15. The average molecular weight is 368 g/mol. The first-order valence-corrected chi connectivity index (χ1v) is 9.54. The molecule has 0 saturated carbocycles. The number of hydrogen-bond acceptors (Lipinski definition) is 5. The molecule has 0 bridgehead atoms. The highest BCUT2D eigenvalue weighted by Crippen LogP contribution is 2.21. The van der Waals surface area contributed by atoms with Crippen molar-refractivity contribution in [3.05, 3.63) is 54.6 Å². The number of rotatable bonds is 12. The fourth-order valence-corrected chi connectivity index (χ4v) is 2.59. The zero-order valence-corrected chi connectivity index (χ0v) is 16.0. The summed E-state index contributed by atoms with van der Waals surface area (Å²) in [4.78, 5) is 11.0.